The Bertz CT molecular complexity index is 1430. The van der Waals surface area contributed by atoms with Crippen molar-refractivity contribution in [2.75, 3.05) is 23.3 Å². The maximum Gasteiger partial charge on any atom is 0.255 e. The number of aromatic hydroxyl groups is 1. The molecule has 2 aromatic heterocycles. The van der Waals surface area contributed by atoms with Crippen LogP contribution in [0.15, 0.2) is 67.6 Å². The van der Waals surface area contributed by atoms with Crippen molar-refractivity contribution in [1.29, 1.82) is 0 Å². The molecule has 4 aromatic rings. The van der Waals surface area contributed by atoms with Gasteiger partial charge in [0.1, 0.15) is 17.9 Å². The first-order chi connectivity index (χ1) is 17.0. The number of amides is 2. The summed E-state index contributed by atoms with van der Waals surface area (Å²) in [5, 5.41) is 23.4. The highest BCUT2D eigenvalue weighted by Gasteiger charge is 2.31. The lowest BCUT2D eigenvalue weighted by atomic mass is 9.98. The van der Waals surface area contributed by atoms with Gasteiger partial charge in [0.2, 0.25) is 5.91 Å². The second-order valence-electron chi connectivity index (χ2n) is 8.17. The number of H-pyrrole nitrogens is 1. The third kappa shape index (κ3) is 4.29. The number of hydrogen-bond donors (Lipinski definition) is 4. The van der Waals surface area contributed by atoms with Gasteiger partial charge in [-0.3, -0.25) is 14.7 Å². The summed E-state index contributed by atoms with van der Waals surface area (Å²) in [6.07, 6.45) is 5.06. The molecule has 1 unspecified atom stereocenters. The summed E-state index contributed by atoms with van der Waals surface area (Å²) >= 11 is 0. The molecule has 0 saturated carbocycles. The second kappa shape index (κ2) is 9.26. The molecule has 0 spiro atoms. The van der Waals surface area contributed by atoms with Crippen molar-refractivity contribution in [3.05, 3.63) is 78.8 Å². The summed E-state index contributed by atoms with van der Waals surface area (Å²) in [5.41, 5.74) is 3.40. The molecule has 5 rings (SSSR count). The number of carbonyl (C=O) groups excluding carboxylic acids is 2. The van der Waals surface area contributed by atoms with Crippen molar-refractivity contribution in [3.8, 4) is 5.75 Å². The first-order valence-corrected chi connectivity index (χ1v) is 11.1. The summed E-state index contributed by atoms with van der Waals surface area (Å²) in [6.45, 7) is 4.50. The van der Waals surface area contributed by atoms with E-state index >= 15 is 0 Å². The highest BCUT2D eigenvalue weighted by atomic mass is 16.3. The molecule has 0 aliphatic carbocycles. The minimum Gasteiger partial charge on any atom is -0.507 e. The fraction of sp³-hybridized carbons (Fsp3) is 0.160. The lowest BCUT2D eigenvalue weighted by Crippen LogP contribution is -2.27. The van der Waals surface area contributed by atoms with Crippen molar-refractivity contribution >= 4 is 40.0 Å². The third-order valence-electron chi connectivity index (χ3n) is 6.03. The van der Waals surface area contributed by atoms with Crippen LogP contribution in [0.4, 0.5) is 17.2 Å². The number of nitrogens with one attached hydrogen (secondary N) is 3. The number of rotatable bonds is 7. The molecule has 10 nitrogen and oxygen atoms in total. The maximum absolute atomic E-state index is 12.8. The van der Waals surface area contributed by atoms with E-state index in [0.717, 1.165) is 23.0 Å². The van der Waals surface area contributed by atoms with Gasteiger partial charge in [0.15, 0.2) is 5.65 Å². The van der Waals surface area contributed by atoms with Gasteiger partial charge in [-0.1, -0.05) is 24.8 Å². The van der Waals surface area contributed by atoms with Crippen molar-refractivity contribution in [3.63, 3.8) is 0 Å². The number of phenols is 1. The Morgan fingerprint density at radius 3 is 2.94 bits per heavy atom. The second-order valence-corrected chi connectivity index (χ2v) is 8.17. The number of hydrogen-bond acceptors (Lipinski definition) is 7. The van der Waals surface area contributed by atoms with Gasteiger partial charge in [-0.05, 0) is 42.3 Å². The van der Waals surface area contributed by atoms with Crippen LogP contribution >= 0.6 is 0 Å². The SMILES string of the molecule is C=CC(=O)Nc1ccc(O)c(C(=O)NCCC2CN(c3ncnc4[nH]ncc34)c3ccccc32)c1. The fourth-order valence-electron chi connectivity index (χ4n) is 4.35. The van der Waals surface area contributed by atoms with Crippen LogP contribution < -0.4 is 15.5 Å². The Balaban J connectivity index is 1.29. The molecule has 1 aliphatic heterocycles. The molecule has 0 fully saturated rings. The average molecular weight is 470 g/mol. The van der Waals surface area contributed by atoms with E-state index in [1.807, 2.05) is 12.1 Å². The van der Waals surface area contributed by atoms with E-state index < -0.39 is 11.8 Å². The minimum absolute atomic E-state index is 0.0867. The summed E-state index contributed by atoms with van der Waals surface area (Å²) in [5.74, 6) is -0.0372. The van der Waals surface area contributed by atoms with Crippen molar-refractivity contribution in [1.82, 2.24) is 25.5 Å². The Kier molecular flexibility index (Phi) is 5.84. The van der Waals surface area contributed by atoms with Gasteiger partial charge < -0.3 is 20.6 Å². The van der Waals surface area contributed by atoms with Gasteiger partial charge >= 0.3 is 0 Å². The normalized spacial score (nSPS) is 14.5. The van der Waals surface area contributed by atoms with Crippen molar-refractivity contribution in [2.24, 2.45) is 0 Å². The number of phenolic OH excluding ortho intramolecular Hbond substituents is 1. The molecule has 2 aromatic carbocycles. The molecule has 1 aliphatic rings. The Hall–Kier alpha value is -4.73. The molecule has 1 atom stereocenters. The highest BCUT2D eigenvalue weighted by molar-refractivity contribution is 6.02. The number of aromatic amines is 1. The van der Waals surface area contributed by atoms with Crippen LogP contribution in [0.2, 0.25) is 0 Å². The number of fused-ring (bicyclic) bond motifs is 2. The van der Waals surface area contributed by atoms with Gasteiger partial charge in [0.25, 0.3) is 5.91 Å². The first kappa shape index (κ1) is 22.1. The van der Waals surface area contributed by atoms with Crippen LogP contribution in [0.3, 0.4) is 0 Å². The predicted molar refractivity (Wildman–Crippen MR) is 132 cm³/mol. The van der Waals surface area contributed by atoms with Gasteiger partial charge in [0, 0.05) is 30.4 Å². The zero-order chi connectivity index (χ0) is 24.4. The third-order valence-corrected chi connectivity index (χ3v) is 6.03. The molecule has 10 heteroatoms. The Morgan fingerprint density at radius 2 is 2.09 bits per heavy atom. The van der Waals surface area contributed by atoms with Gasteiger partial charge in [-0.25, -0.2) is 9.97 Å². The maximum atomic E-state index is 12.8. The van der Waals surface area contributed by atoms with Crippen molar-refractivity contribution < 1.29 is 14.7 Å². The lowest BCUT2D eigenvalue weighted by Gasteiger charge is -2.19. The van der Waals surface area contributed by atoms with Gasteiger partial charge in [0.05, 0.1) is 17.1 Å². The first-order valence-electron chi connectivity index (χ1n) is 11.1. The monoisotopic (exact) mass is 469 g/mol. The summed E-state index contributed by atoms with van der Waals surface area (Å²) < 4.78 is 0. The number of anilines is 3. The zero-order valence-electron chi connectivity index (χ0n) is 18.7. The highest BCUT2D eigenvalue weighted by Crippen LogP contribution is 2.42. The molecule has 2 amide bonds. The van der Waals surface area contributed by atoms with E-state index in [1.165, 1.54) is 30.1 Å². The predicted octanol–water partition coefficient (Wildman–Crippen LogP) is 3.24. The van der Waals surface area contributed by atoms with E-state index in [-0.39, 0.29) is 17.2 Å². The van der Waals surface area contributed by atoms with E-state index in [4.69, 9.17) is 0 Å². The Labute approximate surface area is 200 Å². The molecule has 0 saturated heterocycles. The molecule has 176 valence electrons. The van der Waals surface area contributed by atoms with E-state index in [0.29, 0.717) is 30.8 Å². The summed E-state index contributed by atoms with van der Waals surface area (Å²) in [7, 11) is 0. The topological polar surface area (TPSA) is 136 Å². The van der Waals surface area contributed by atoms with E-state index in [2.05, 4.69) is 54.4 Å². The number of para-hydroxylation sites is 1. The van der Waals surface area contributed by atoms with Crippen LogP contribution in [0, 0.1) is 0 Å². The summed E-state index contributed by atoms with van der Waals surface area (Å²) in [4.78, 5) is 35.2. The number of nitrogens with zero attached hydrogens (tertiary/aromatic N) is 4. The largest absolute Gasteiger partial charge is 0.507 e. The number of benzene rings is 2. The molecule has 35 heavy (non-hydrogen) atoms. The van der Waals surface area contributed by atoms with Gasteiger partial charge in [-0.2, -0.15) is 5.10 Å². The molecule has 3 heterocycles. The fourth-order valence-corrected chi connectivity index (χ4v) is 4.35. The van der Waals surface area contributed by atoms with Crippen LogP contribution in [-0.4, -0.2) is 50.2 Å². The van der Waals surface area contributed by atoms with Crippen molar-refractivity contribution in [2.45, 2.75) is 12.3 Å². The van der Waals surface area contributed by atoms with Gasteiger partial charge in [-0.15, -0.1) is 0 Å². The quantitative estimate of drug-likeness (QED) is 0.241. The molecule has 0 radical (unpaired) electrons. The average Bonchev–Trinajstić information content (AvgIpc) is 3.50. The van der Waals surface area contributed by atoms with E-state index in [9.17, 15) is 14.7 Å². The van der Waals surface area contributed by atoms with E-state index in [1.54, 1.807) is 6.20 Å². The Morgan fingerprint density at radius 1 is 1.23 bits per heavy atom. The van der Waals surface area contributed by atoms with Crippen LogP contribution in [0.1, 0.15) is 28.3 Å². The molecule has 4 N–H and O–H groups in total. The number of aromatic nitrogens is 4. The molecular formula is C25H23N7O3. The van der Waals surface area contributed by atoms with Crippen LogP contribution in [0.5, 0.6) is 5.75 Å². The standard InChI is InChI=1S/C25H23N7O3/c1-2-22(34)30-16-7-8-21(33)18(11-16)25(35)26-10-9-15-13-32(20-6-4-3-5-17(15)20)24-19-12-29-31-23(19)27-14-28-24/h2-8,11-12,14-15,33H,1,9-10,13H2,(H,26,35)(H,30,34)(H,27,28,29,31). The zero-order valence-corrected chi connectivity index (χ0v) is 18.7. The smallest absolute Gasteiger partial charge is 0.255 e. The number of carbonyl (C=O) groups is 2. The lowest BCUT2D eigenvalue weighted by molar-refractivity contribution is -0.111. The van der Waals surface area contributed by atoms with Crippen LogP contribution in [0.25, 0.3) is 11.0 Å². The molecular weight excluding hydrogens is 446 g/mol. The molecule has 0 bridgehead atoms. The van der Waals surface area contributed by atoms with Crippen LogP contribution in [-0.2, 0) is 4.79 Å². The summed E-state index contributed by atoms with van der Waals surface area (Å²) in [6, 6.07) is 12.5. The minimum atomic E-state index is -0.420.